The van der Waals surface area contributed by atoms with Crippen LogP contribution in [0.5, 0.6) is 5.75 Å². The first-order valence-electron chi connectivity index (χ1n) is 7.30. The summed E-state index contributed by atoms with van der Waals surface area (Å²) < 4.78 is 5.91. The van der Waals surface area contributed by atoms with Gasteiger partial charge in [-0.1, -0.05) is 42.5 Å². The predicted molar refractivity (Wildman–Crippen MR) is 81.8 cm³/mol. The topological polar surface area (TPSA) is 12.5 Å². The number of likely N-dealkylation sites (tertiary alicyclic amines) is 1. The lowest BCUT2D eigenvalue weighted by molar-refractivity contribution is 0.299. The molecule has 2 nitrogen and oxygen atoms in total. The average Bonchev–Trinajstić information content (AvgIpc) is 2.93. The second-order valence-corrected chi connectivity index (χ2v) is 5.49. The van der Waals surface area contributed by atoms with Crippen molar-refractivity contribution in [2.45, 2.75) is 25.5 Å². The third-order valence-electron chi connectivity index (χ3n) is 4.01. The van der Waals surface area contributed by atoms with E-state index in [1.807, 2.05) is 24.3 Å². The average molecular weight is 267 g/mol. The molecule has 0 amide bonds. The monoisotopic (exact) mass is 267 g/mol. The maximum atomic E-state index is 5.91. The molecular formula is C18H21NO. The van der Waals surface area contributed by atoms with E-state index in [0.717, 1.165) is 5.75 Å². The molecule has 0 aliphatic carbocycles. The summed E-state index contributed by atoms with van der Waals surface area (Å²) in [6, 6.07) is 19.4. The molecule has 2 aromatic carbocycles. The molecule has 0 N–H and O–H groups in total. The van der Waals surface area contributed by atoms with E-state index in [-0.39, 0.29) is 0 Å². The van der Waals surface area contributed by atoms with Crippen LogP contribution in [0.1, 0.15) is 30.0 Å². The van der Waals surface area contributed by atoms with Gasteiger partial charge in [-0.05, 0) is 49.7 Å². The Kier molecular flexibility index (Phi) is 4.03. The predicted octanol–water partition coefficient (Wildman–Crippen LogP) is 4.03. The van der Waals surface area contributed by atoms with E-state index in [4.69, 9.17) is 4.74 Å². The highest BCUT2D eigenvalue weighted by Crippen LogP contribution is 2.32. The van der Waals surface area contributed by atoms with E-state index in [1.165, 1.54) is 30.5 Å². The number of benzene rings is 2. The molecule has 1 saturated heterocycles. The molecule has 0 bridgehead atoms. The first-order chi connectivity index (χ1) is 9.83. The molecule has 2 heteroatoms. The van der Waals surface area contributed by atoms with Gasteiger partial charge >= 0.3 is 0 Å². The van der Waals surface area contributed by atoms with E-state index >= 15 is 0 Å². The van der Waals surface area contributed by atoms with Crippen LogP contribution in [0, 0.1) is 0 Å². The van der Waals surface area contributed by atoms with Gasteiger partial charge in [0.15, 0.2) is 0 Å². The van der Waals surface area contributed by atoms with Gasteiger partial charge in [-0.3, -0.25) is 4.90 Å². The molecule has 0 saturated carbocycles. The van der Waals surface area contributed by atoms with Crippen molar-refractivity contribution in [3.05, 3.63) is 65.7 Å². The fraction of sp³-hybridized carbons (Fsp3) is 0.333. The minimum absolute atomic E-state index is 0.551. The maximum absolute atomic E-state index is 5.91. The summed E-state index contributed by atoms with van der Waals surface area (Å²) in [5, 5.41) is 0. The molecule has 1 atom stereocenters. The van der Waals surface area contributed by atoms with Crippen LogP contribution in [-0.2, 0) is 6.61 Å². The van der Waals surface area contributed by atoms with E-state index in [1.54, 1.807) is 0 Å². The first kappa shape index (κ1) is 13.2. The molecule has 1 heterocycles. The fourth-order valence-electron chi connectivity index (χ4n) is 2.88. The molecule has 1 unspecified atom stereocenters. The van der Waals surface area contributed by atoms with Gasteiger partial charge < -0.3 is 4.74 Å². The Hall–Kier alpha value is -1.80. The molecule has 3 rings (SSSR count). The van der Waals surface area contributed by atoms with Gasteiger partial charge in [0, 0.05) is 6.04 Å². The number of ether oxygens (including phenoxy) is 1. The van der Waals surface area contributed by atoms with Crippen molar-refractivity contribution in [2.24, 2.45) is 0 Å². The van der Waals surface area contributed by atoms with Gasteiger partial charge in [-0.2, -0.15) is 0 Å². The smallest absolute Gasteiger partial charge is 0.120 e. The number of rotatable bonds is 4. The van der Waals surface area contributed by atoms with Crippen LogP contribution in [0.4, 0.5) is 0 Å². The molecule has 0 aromatic heterocycles. The van der Waals surface area contributed by atoms with Crippen LogP contribution in [-0.4, -0.2) is 18.5 Å². The summed E-state index contributed by atoms with van der Waals surface area (Å²) in [5.41, 5.74) is 2.58. The molecule has 20 heavy (non-hydrogen) atoms. The molecule has 1 aliphatic rings. The zero-order valence-electron chi connectivity index (χ0n) is 12.0. The Balaban J connectivity index is 1.68. The maximum Gasteiger partial charge on any atom is 0.120 e. The Morgan fingerprint density at radius 3 is 2.70 bits per heavy atom. The van der Waals surface area contributed by atoms with Crippen molar-refractivity contribution < 1.29 is 4.74 Å². The van der Waals surface area contributed by atoms with Gasteiger partial charge in [-0.25, -0.2) is 0 Å². The minimum Gasteiger partial charge on any atom is -0.489 e. The minimum atomic E-state index is 0.551. The van der Waals surface area contributed by atoms with Crippen molar-refractivity contribution in [3.63, 3.8) is 0 Å². The highest BCUT2D eigenvalue weighted by Gasteiger charge is 2.22. The summed E-state index contributed by atoms with van der Waals surface area (Å²) in [7, 11) is 2.20. The van der Waals surface area contributed by atoms with E-state index in [9.17, 15) is 0 Å². The quantitative estimate of drug-likeness (QED) is 0.829. The van der Waals surface area contributed by atoms with Crippen LogP contribution < -0.4 is 4.74 Å². The molecule has 2 aromatic rings. The van der Waals surface area contributed by atoms with Gasteiger partial charge in [-0.15, -0.1) is 0 Å². The van der Waals surface area contributed by atoms with E-state index in [0.29, 0.717) is 12.6 Å². The number of hydrogen-bond acceptors (Lipinski definition) is 2. The molecular weight excluding hydrogens is 246 g/mol. The molecule has 0 radical (unpaired) electrons. The summed E-state index contributed by atoms with van der Waals surface area (Å²) in [5.74, 6) is 0.964. The van der Waals surface area contributed by atoms with Crippen molar-refractivity contribution in [1.82, 2.24) is 4.90 Å². The first-order valence-corrected chi connectivity index (χ1v) is 7.30. The second kappa shape index (κ2) is 6.10. The Morgan fingerprint density at radius 1 is 1.10 bits per heavy atom. The van der Waals surface area contributed by atoms with Crippen molar-refractivity contribution in [2.75, 3.05) is 13.6 Å². The summed E-state index contributed by atoms with van der Waals surface area (Å²) >= 11 is 0. The van der Waals surface area contributed by atoms with Crippen LogP contribution in [0.15, 0.2) is 54.6 Å². The van der Waals surface area contributed by atoms with Gasteiger partial charge in [0.05, 0.1) is 0 Å². The number of nitrogens with zero attached hydrogens (tertiary/aromatic N) is 1. The Bertz CT molecular complexity index is 552. The zero-order valence-corrected chi connectivity index (χ0v) is 12.0. The second-order valence-electron chi connectivity index (χ2n) is 5.49. The molecule has 104 valence electrons. The highest BCUT2D eigenvalue weighted by atomic mass is 16.5. The lowest BCUT2D eigenvalue weighted by atomic mass is 10.0. The SMILES string of the molecule is CN1CCCC1c1cccc(OCc2ccccc2)c1. The lowest BCUT2D eigenvalue weighted by Crippen LogP contribution is -2.17. The third kappa shape index (κ3) is 3.02. The largest absolute Gasteiger partial charge is 0.489 e. The van der Waals surface area contributed by atoms with Crippen LogP contribution in [0.25, 0.3) is 0 Å². The third-order valence-corrected chi connectivity index (χ3v) is 4.01. The van der Waals surface area contributed by atoms with Crippen molar-refractivity contribution >= 4 is 0 Å². The van der Waals surface area contributed by atoms with E-state index in [2.05, 4.69) is 42.3 Å². The highest BCUT2D eigenvalue weighted by molar-refractivity contribution is 5.31. The summed E-state index contributed by atoms with van der Waals surface area (Å²) in [6.07, 6.45) is 2.54. The van der Waals surface area contributed by atoms with Crippen LogP contribution in [0.2, 0.25) is 0 Å². The summed E-state index contributed by atoms with van der Waals surface area (Å²) in [4.78, 5) is 2.43. The van der Waals surface area contributed by atoms with Gasteiger partial charge in [0.25, 0.3) is 0 Å². The van der Waals surface area contributed by atoms with Crippen LogP contribution in [0.3, 0.4) is 0 Å². The van der Waals surface area contributed by atoms with Crippen molar-refractivity contribution in [1.29, 1.82) is 0 Å². The zero-order chi connectivity index (χ0) is 13.8. The molecule has 0 spiro atoms. The Labute approximate surface area is 121 Å². The van der Waals surface area contributed by atoms with Crippen molar-refractivity contribution in [3.8, 4) is 5.75 Å². The molecule has 1 aliphatic heterocycles. The Morgan fingerprint density at radius 2 is 1.95 bits per heavy atom. The van der Waals surface area contributed by atoms with Gasteiger partial charge in [0.1, 0.15) is 12.4 Å². The normalized spacial score (nSPS) is 19.1. The van der Waals surface area contributed by atoms with E-state index < -0.39 is 0 Å². The summed E-state index contributed by atoms with van der Waals surface area (Å²) in [6.45, 7) is 1.82. The number of hydrogen-bond donors (Lipinski definition) is 0. The van der Waals surface area contributed by atoms with Crippen LogP contribution >= 0.6 is 0 Å². The lowest BCUT2D eigenvalue weighted by Gasteiger charge is -2.20. The van der Waals surface area contributed by atoms with Gasteiger partial charge in [0.2, 0.25) is 0 Å². The fourth-order valence-corrected chi connectivity index (χ4v) is 2.88. The molecule has 1 fully saturated rings. The standard InChI is InChI=1S/C18H21NO/c1-19-12-6-11-18(19)16-9-5-10-17(13-16)20-14-15-7-3-2-4-8-15/h2-5,7-10,13,18H,6,11-12,14H2,1H3.